The molecular weight excluding hydrogens is 867 g/mol. The van der Waals surface area contributed by atoms with Crippen molar-refractivity contribution in [2.45, 2.75) is 119 Å². The van der Waals surface area contributed by atoms with E-state index in [1.165, 1.54) is 38.5 Å². The zero-order valence-corrected chi connectivity index (χ0v) is 40.1. The molecular formula is C57H64F2O9. The molecule has 0 aliphatic heterocycles. The van der Waals surface area contributed by atoms with Crippen LogP contribution in [0.3, 0.4) is 0 Å². The summed E-state index contributed by atoms with van der Waals surface area (Å²) in [5, 5.41) is 0. The molecule has 0 atom stereocenters. The van der Waals surface area contributed by atoms with Crippen LogP contribution in [0.5, 0.6) is 0 Å². The van der Waals surface area contributed by atoms with Gasteiger partial charge >= 0.3 is 23.9 Å². The van der Waals surface area contributed by atoms with Crippen molar-refractivity contribution in [2.75, 3.05) is 14.2 Å². The number of Topliss-reactive ketones (excluding diaryl/α,β-unsaturated/α-hetero) is 1. The fourth-order valence-electron chi connectivity index (χ4n) is 7.93. The van der Waals surface area contributed by atoms with E-state index in [-0.39, 0.29) is 24.8 Å². The van der Waals surface area contributed by atoms with Crippen LogP contribution in [0.25, 0.3) is 22.3 Å². The fourth-order valence-corrected chi connectivity index (χ4v) is 7.93. The highest BCUT2D eigenvalue weighted by molar-refractivity contribution is 6.13. The van der Waals surface area contributed by atoms with Gasteiger partial charge in [-0.15, -0.1) is 0 Å². The number of methoxy groups -OCH3 is 2. The van der Waals surface area contributed by atoms with Gasteiger partial charge in [-0.1, -0.05) is 99.9 Å². The van der Waals surface area contributed by atoms with Crippen LogP contribution < -0.4 is 0 Å². The summed E-state index contributed by atoms with van der Waals surface area (Å²) in [6.45, 7) is 14.8. The lowest BCUT2D eigenvalue weighted by atomic mass is 9.94. The Morgan fingerprint density at radius 2 is 1.01 bits per heavy atom. The average molecular weight is 931 g/mol. The summed E-state index contributed by atoms with van der Waals surface area (Å²) >= 11 is 0. The minimum atomic E-state index is -0.704. The number of hydrogen-bond acceptors (Lipinski definition) is 9. The summed E-state index contributed by atoms with van der Waals surface area (Å²) in [7, 11) is 2.66. The Hall–Kier alpha value is -6.75. The Kier molecular flexibility index (Phi) is 18.5. The normalized spacial score (nSPS) is 13.4. The van der Waals surface area contributed by atoms with Crippen molar-refractivity contribution in [3.05, 3.63) is 164 Å². The van der Waals surface area contributed by atoms with E-state index in [1.807, 2.05) is 45.9 Å². The Morgan fingerprint density at radius 3 is 1.49 bits per heavy atom. The molecule has 0 saturated carbocycles. The van der Waals surface area contributed by atoms with Gasteiger partial charge in [0.25, 0.3) is 0 Å². The van der Waals surface area contributed by atoms with Crippen LogP contribution in [0.4, 0.5) is 8.78 Å². The van der Waals surface area contributed by atoms with Crippen molar-refractivity contribution >= 4 is 29.7 Å². The summed E-state index contributed by atoms with van der Waals surface area (Å²) in [5.41, 5.74) is 6.30. The van der Waals surface area contributed by atoms with Gasteiger partial charge in [-0.3, -0.25) is 4.79 Å². The molecule has 0 unspecified atom stereocenters. The first kappa shape index (κ1) is 53.9. The molecule has 0 heterocycles. The van der Waals surface area contributed by atoms with Crippen molar-refractivity contribution in [1.29, 1.82) is 0 Å². The molecule has 0 N–H and O–H groups in total. The molecule has 4 aromatic rings. The summed E-state index contributed by atoms with van der Waals surface area (Å²) < 4.78 is 51.0. The second-order valence-electron chi connectivity index (χ2n) is 18.4. The smallest absolute Gasteiger partial charge is 0.339 e. The molecule has 11 heteroatoms. The van der Waals surface area contributed by atoms with Crippen molar-refractivity contribution in [3.8, 4) is 22.3 Å². The Bertz CT molecular complexity index is 2680. The van der Waals surface area contributed by atoms with Gasteiger partial charge in [0.15, 0.2) is 5.78 Å². The number of carbonyl (C=O) groups is 5. The number of ether oxygens (including phenoxy) is 4. The molecule has 360 valence electrons. The third kappa shape index (κ3) is 13.7. The standard InChI is InChI=1S/C28H29FO5.C28H31FO4.CH4/c1-6-9-17-14-19(26(31)33-5)15-23(17)25(30)22-13-12-18(16-24(22)29)20-10-7-8-11-21(20)27(32)34-28(2,3)4;1-6-9-18-14-22(26(30)32-5)16-21(18)15-20-13-12-19(17-25(20)29)23-10-7-8-11-24(23)27(31)33-28(2,3)4;/h7-8,10-13,15-16H,6,9,14H2,1-5H3;7-8,10-13,16-17H,6,9,14-15H2,1-5H3;1H4. The molecule has 2 aliphatic rings. The third-order valence-corrected chi connectivity index (χ3v) is 10.9. The second-order valence-corrected chi connectivity index (χ2v) is 18.4. The summed E-state index contributed by atoms with van der Waals surface area (Å²) in [4.78, 5) is 62.5. The van der Waals surface area contributed by atoms with Crippen LogP contribution in [0.15, 0.2) is 131 Å². The van der Waals surface area contributed by atoms with Crippen molar-refractivity contribution in [2.24, 2.45) is 0 Å². The highest BCUT2D eigenvalue weighted by Gasteiger charge is 2.29. The van der Waals surface area contributed by atoms with E-state index in [9.17, 15) is 24.0 Å². The van der Waals surface area contributed by atoms with E-state index in [0.29, 0.717) is 81.3 Å². The van der Waals surface area contributed by atoms with Crippen LogP contribution in [-0.4, -0.2) is 55.1 Å². The zero-order chi connectivity index (χ0) is 49.2. The quantitative estimate of drug-likeness (QED) is 0.0691. The number of halogens is 2. The van der Waals surface area contributed by atoms with E-state index in [2.05, 4.69) is 6.92 Å². The first-order chi connectivity index (χ1) is 31.7. The van der Waals surface area contributed by atoms with Crippen LogP contribution in [0, 0.1) is 11.6 Å². The minimum absolute atomic E-state index is 0. The summed E-state index contributed by atoms with van der Waals surface area (Å²) in [6, 6.07) is 23.2. The number of hydrogen-bond donors (Lipinski definition) is 0. The van der Waals surface area contributed by atoms with E-state index < -0.39 is 40.7 Å². The number of esters is 4. The Morgan fingerprint density at radius 1 is 0.559 bits per heavy atom. The Labute approximate surface area is 399 Å². The van der Waals surface area contributed by atoms with Gasteiger partial charge in [0.05, 0.1) is 30.9 Å². The number of benzene rings is 4. The molecule has 0 fully saturated rings. The van der Waals surface area contributed by atoms with Crippen molar-refractivity contribution < 1.29 is 51.7 Å². The van der Waals surface area contributed by atoms with Gasteiger partial charge in [-0.05, 0) is 130 Å². The number of ketones is 1. The monoisotopic (exact) mass is 930 g/mol. The number of carbonyl (C=O) groups excluding carboxylic acids is 5. The van der Waals surface area contributed by atoms with E-state index in [0.717, 1.165) is 36.0 Å². The molecule has 0 spiro atoms. The SMILES string of the molecule is C.CCCC1=C(C(=O)c2ccc(-c3ccccc3C(=O)OC(C)(C)C)cc2F)C=C(C(=O)OC)C1.CCCC1=C(Cc2ccc(-c3ccccc3C(=O)OC(C)(C)C)cc2F)C=C(C(=O)OC)C1. The van der Waals surface area contributed by atoms with Gasteiger partial charge in [-0.25, -0.2) is 28.0 Å². The minimum Gasteiger partial charge on any atom is -0.466 e. The van der Waals surface area contributed by atoms with Crippen molar-refractivity contribution in [1.82, 2.24) is 0 Å². The topological polar surface area (TPSA) is 122 Å². The molecule has 68 heavy (non-hydrogen) atoms. The predicted molar refractivity (Wildman–Crippen MR) is 262 cm³/mol. The predicted octanol–water partition coefficient (Wildman–Crippen LogP) is 13.5. The third-order valence-electron chi connectivity index (χ3n) is 10.9. The van der Waals surface area contributed by atoms with E-state index >= 15 is 8.78 Å². The van der Waals surface area contributed by atoms with Gasteiger partial charge < -0.3 is 18.9 Å². The lowest BCUT2D eigenvalue weighted by Gasteiger charge is -2.20. The highest BCUT2D eigenvalue weighted by Crippen LogP contribution is 2.36. The number of rotatable bonds is 14. The van der Waals surface area contributed by atoms with Crippen LogP contribution >= 0.6 is 0 Å². The molecule has 4 aromatic carbocycles. The highest BCUT2D eigenvalue weighted by atomic mass is 19.1. The van der Waals surface area contributed by atoms with E-state index in [4.69, 9.17) is 18.9 Å². The first-order valence-electron chi connectivity index (χ1n) is 22.5. The maximum Gasteiger partial charge on any atom is 0.339 e. The maximum absolute atomic E-state index is 15.2. The summed E-state index contributed by atoms with van der Waals surface area (Å²) in [6.07, 6.45) is 7.84. The molecule has 0 amide bonds. The molecule has 2 aliphatic carbocycles. The van der Waals surface area contributed by atoms with Gasteiger partial charge in [0, 0.05) is 36.0 Å². The fraction of sp³-hybridized carbons (Fsp3) is 0.351. The Balaban J connectivity index is 0.000000292. The largest absolute Gasteiger partial charge is 0.466 e. The van der Waals surface area contributed by atoms with Crippen molar-refractivity contribution in [3.63, 3.8) is 0 Å². The number of allylic oxidation sites excluding steroid dienone is 6. The van der Waals surface area contributed by atoms with Crippen LogP contribution in [0.1, 0.15) is 138 Å². The van der Waals surface area contributed by atoms with Gasteiger partial charge in [-0.2, -0.15) is 0 Å². The molecule has 9 nitrogen and oxygen atoms in total. The lowest BCUT2D eigenvalue weighted by molar-refractivity contribution is -0.137. The lowest BCUT2D eigenvalue weighted by Crippen LogP contribution is -2.24. The molecule has 0 bridgehead atoms. The second kappa shape index (κ2) is 23.3. The molecule has 0 aromatic heterocycles. The average Bonchev–Trinajstić information content (AvgIpc) is 3.89. The molecule has 0 saturated heterocycles. The first-order valence-corrected chi connectivity index (χ1v) is 22.5. The molecule has 0 radical (unpaired) electrons. The van der Waals surface area contributed by atoms with E-state index in [1.54, 1.807) is 75.4 Å². The zero-order valence-electron chi connectivity index (χ0n) is 40.1. The summed E-state index contributed by atoms with van der Waals surface area (Å²) in [5.74, 6) is -3.32. The maximum atomic E-state index is 15.2. The van der Waals surface area contributed by atoms with Crippen LogP contribution in [-0.2, 0) is 35.0 Å². The van der Waals surface area contributed by atoms with Gasteiger partial charge in [0.2, 0.25) is 0 Å². The van der Waals surface area contributed by atoms with Gasteiger partial charge in [0.1, 0.15) is 22.8 Å². The molecule has 6 rings (SSSR count). The van der Waals surface area contributed by atoms with Crippen LogP contribution in [0.2, 0.25) is 0 Å².